The number of carbonyl (C=O) groups excluding carboxylic acids is 1. The molecule has 0 unspecified atom stereocenters. The second-order valence-electron chi connectivity index (χ2n) is 4.58. The largest absolute Gasteiger partial charge is 0.366 e. The van der Waals surface area contributed by atoms with Crippen molar-refractivity contribution < 1.29 is 9.18 Å². The summed E-state index contributed by atoms with van der Waals surface area (Å²) >= 11 is 0. The molecule has 1 amide bonds. The highest BCUT2D eigenvalue weighted by Crippen LogP contribution is 2.07. The summed E-state index contributed by atoms with van der Waals surface area (Å²) in [4.78, 5) is 11.1. The van der Waals surface area contributed by atoms with E-state index in [-0.39, 0.29) is 5.82 Å². The minimum Gasteiger partial charge on any atom is -0.366 e. The number of nitrogens with two attached hydrogens (primary N) is 1. The van der Waals surface area contributed by atoms with Gasteiger partial charge in [-0.2, -0.15) is 0 Å². The van der Waals surface area contributed by atoms with E-state index in [4.69, 9.17) is 5.73 Å². The van der Waals surface area contributed by atoms with Gasteiger partial charge in [-0.25, -0.2) is 4.39 Å². The second-order valence-corrected chi connectivity index (χ2v) is 4.58. The minimum absolute atomic E-state index is 0.198. The summed E-state index contributed by atoms with van der Waals surface area (Å²) < 4.78 is 13.4. The Labute approximate surface area is 117 Å². The summed E-state index contributed by atoms with van der Waals surface area (Å²) in [6, 6.07) is 13.9. The predicted octanol–water partition coefficient (Wildman–Crippen LogP) is 2.26. The molecule has 0 radical (unpaired) electrons. The number of benzene rings is 2. The van der Waals surface area contributed by atoms with Crippen molar-refractivity contribution in [2.45, 2.75) is 13.0 Å². The number of nitrogens with one attached hydrogen (secondary N) is 1. The van der Waals surface area contributed by atoms with Crippen molar-refractivity contribution >= 4 is 5.91 Å². The van der Waals surface area contributed by atoms with Gasteiger partial charge in [0, 0.05) is 17.7 Å². The van der Waals surface area contributed by atoms with Crippen LogP contribution in [0.25, 0.3) is 0 Å². The van der Waals surface area contributed by atoms with Gasteiger partial charge < -0.3 is 11.1 Å². The molecule has 0 aliphatic heterocycles. The minimum atomic E-state index is -0.425. The Morgan fingerprint density at radius 3 is 2.70 bits per heavy atom. The Balaban J connectivity index is 1.83. The zero-order valence-corrected chi connectivity index (χ0v) is 11.1. The molecule has 0 aliphatic rings. The maximum atomic E-state index is 13.4. The predicted molar refractivity (Wildman–Crippen MR) is 76.8 cm³/mol. The highest BCUT2D eigenvalue weighted by molar-refractivity contribution is 5.92. The van der Waals surface area contributed by atoms with Crippen molar-refractivity contribution in [3.05, 3.63) is 71.0 Å². The van der Waals surface area contributed by atoms with Gasteiger partial charge in [-0.15, -0.1) is 0 Å². The van der Waals surface area contributed by atoms with Crippen LogP contribution in [0.5, 0.6) is 0 Å². The molecule has 0 atom stereocenters. The van der Waals surface area contributed by atoms with E-state index in [1.165, 1.54) is 6.07 Å². The summed E-state index contributed by atoms with van der Waals surface area (Å²) in [5.74, 6) is -0.623. The Hall–Kier alpha value is -2.20. The monoisotopic (exact) mass is 272 g/mol. The summed E-state index contributed by atoms with van der Waals surface area (Å²) in [5.41, 5.74) is 7.43. The van der Waals surface area contributed by atoms with E-state index in [9.17, 15) is 9.18 Å². The normalized spacial score (nSPS) is 10.4. The standard InChI is InChI=1S/C16H17FN2O/c17-15-7-2-1-5-14(15)11-19-9-8-12-4-3-6-13(10-12)16(18)20/h1-7,10,19H,8-9,11H2,(H2,18,20). The summed E-state index contributed by atoms with van der Waals surface area (Å²) in [6.07, 6.45) is 0.759. The summed E-state index contributed by atoms with van der Waals surface area (Å²) in [6.45, 7) is 1.19. The van der Waals surface area contributed by atoms with Crippen LogP contribution >= 0.6 is 0 Å². The van der Waals surface area contributed by atoms with Gasteiger partial charge in [0.2, 0.25) is 5.91 Å². The lowest BCUT2D eigenvalue weighted by atomic mass is 10.1. The number of carbonyl (C=O) groups is 1. The molecule has 20 heavy (non-hydrogen) atoms. The number of halogens is 1. The fourth-order valence-corrected chi connectivity index (χ4v) is 1.98. The molecule has 0 saturated heterocycles. The fraction of sp³-hybridized carbons (Fsp3) is 0.188. The molecule has 0 saturated carbocycles. The zero-order valence-electron chi connectivity index (χ0n) is 11.1. The van der Waals surface area contributed by atoms with E-state index in [1.807, 2.05) is 18.2 Å². The molecule has 4 heteroatoms. The van der Waals surface area contributed by atoms with E-state index in [1.54, 1.807) is 24.3 Å². The zero-order chi connectivity index (χ0) is 14.4. The van der Waals surface area contributed by atoms with Crippen molar-refractivity contribution in [3.8, 4) is 0 Å². The molecule has 2 rings (SSSR count). The van der Waals surface area contributed by atoms with Crippen LogP contribution in [0, 0.1) is 5.82 Å². The average Bonchev–Trinajstić information content (AvgIpc) is 2.45. The fourth-order valence-electron chi connectivity index (χ4n) is 1.98. The van der Waals surface area contributed by atoms with Crippen LogP contribution < -0.4 is 11.1 Å². The van der Waals surface area contributed by atoms with Crippen LogP contribution in [0.4, 0.5) is 4.39 Å². The first-order valence-electron chi connectivity index (χ1n) is 6.49. The van der Waals surface area contributed by atoms with Crippen molar-refractivity contribution in [1.82, 2.24) is 5.32 Å². The van der Waals surface area contributed by atoms with Gasteiger partial charge in [-0.3, -0.25) is 4.79 Å². The third kappa shape index (κ3) is 3.90. The van der Waals surface area contributed by atoms with Crippen LogP contribution in [0.15, 0.2) is 48.5 Å². The van der Waals surface area contributed by atoms with Crippen LogP contribution in [-0.4, -0.2) is 12.5 Å². The van der Waals surface area contributed by atoms with Crippen LogP contribution in [-0.2, 0) is 13.0 Å². The van der Waals surface area contributed by atoms with Crippen molar-refractivity contribution in [2.75, 3.05) is 6.54 Å². The molecular formula is C16H17FN2O. The van der Waals surface area contributed by atoms with Gasteiger partial charge in [0.05, 0.1) is 0 Å². The first-order chi connectivity index (χ1) is 9.66. The van der Waals surface area contributed by atoms with E-state index >= 15 is 0 Å². The first kappa shape index (κ1) is 14.2. The first-order valence-corrected chi connectivity index (χ1v) is 6.49. The number of hydrogen-bond donors (Lipinski definition) is 2. The Morgan fingerprint density at radius 1 is 1.15 bits per heavy atom. The highest BCUT2D eigenvalue weighted by Gasteiger charge is 2.02. The second kappa shape index (κ2) is 6.82. The number of rotatable bonds is 6. The summed E-state index contributed by atoms with van der Waals surface area (Å²) in [7, 11) is 0. The molecule has 104 valence electrons. The van der Waals surface area contributed by atoms with E-state index in [2.05, 4.69) is 5.32 Å². The van der Waals surface area contributed by atoms with Gasteiger partial charge in [0.1, 0.15) is 5.82 Å². The lowest BCUT2D eigenvalue weighted by Crippen LogP contribution is -2.18. The molecule has 2 aromatic rings. The third-order valence-electron chi connectivity index (χ3n) is 3.08. The van der Waals surface area contributed by atoms with Gasteiger partial charge in [0.15, 0.2) is 0 Å². The molecule has 0 aliphatic carbocycles. The summed E-state index contributed by atoms with van der Waals surface area (Å²) in [5, 5.41) is 3.18. The quantitative estimate of drug-likeness (QED) is 0.792. The lowest BCUT2D eigenvalue weighted by Gasteiger charge is -2.07. The van der Waals surface area contributed by atoms with Crippen LogP contribution in [0.1, 0.15) is 21.5 Å². The molecule has 3 nitrogen and oxygen atoms in total. The molecule has 0 heterocycles. The molecule has 0 fully saturated rings. The van der Waals surface area contributed by atoms with Gasteiger partial charge >= 0.3 is 0 Å². The van der Waals surface area contributed by atoms with Crippen molar-refractivity contribution in [1.29, 1.82) is 0 Å². The van der Waals surface area contributed by atoms with E-state index in [0.717, 1.165) is 12.0 Å². The van der Waals surface area contributed by atoms with Crippen molar-refractivity contribution in [3.63, 3.8) is 0 Å². The van der Waals surface area contributed by atoms with Crippen LogP contribution in [0.3, 0.4) is 0 Å². The maximum absolute atomic E-state index is 13.4. The third-order valence-corrected chi connectivity index (χ3v) is 3.08. The van der Waals surface area contributed by atoms with E-state index < -0.39 is 5.91 Å². The molecule has 0 bridgehead atoms. The number of primary amides is 1. The van der Waals surface area contributed by atoms with Gasteiger partial charge in [0.25, 0.3) is 0 Å². The van der Waals surface area contributed by atoms with Gasteiger partial charge in [-0.05, 0) is 36.7 Å². The molecule has 2 aromatic carbocycles. The number of amides is 1. The van der Waals surface area contributed by atoms with Crippen molar-refractivity contribution in [2.24, 2.45) is 5.73 Å². The van der Waals surface area contributed by atoms with Gasteiger partial charge in [-0.1, -0.05) is 30.3 Å². The molecular weight excluding hydrogens is 255 g/mol. The number of hydrogen-bond acceptors (Lipinski definition) is 2. The highest BCUT2D eigenvalue weighted by atomic mass is 19.1. The molecule has 0 spiro atoms. The lowest BCUT2D eigenvalue weighted by molar-refractivity contribution is 0.1000. The average molecular weight is 272 g/mol. The molecule has 0 aromatic heterocycles. The molecule has 3 N–H and O–H groups in total. The SMILES string of the molecule is NC(=O)c1cccc(CCNCc2ccccc2F)c1. The Kier molecular flexibility index (Phi) is 4.85. The van der Waals surface area contributed by atoms with Crippen LogP contribution in [0.2, 0.25) is 0 Å². The maximum Gasteiger partial charge on any atom is 0.248 e. The Bertz CT molecular complexity index is 599. The smallest absolute Gasteiger partial charge is 0.248 e. The Morgan fingerprint density at radius 2 is 1.95 bits per heavy atom. The van der Waals surface area contributed by atoms with E-state index in [0.29, 0.717) is 24.2 Å². The topological polar surface area (TPSA) is 55.1 Å².